The number of carboxylic acids is 1. The van der Waals surface area contributed by atoms with Crippen LogP contribution in [0.4, 0.5) is 4.79 Å². The van der Waals surface area contributed by atoms with E-state index in [1.54, 1.807) is 4.90 Å². The summed E-state index contributed by atoms with van der Waals surface area (Å²) in [6.07, 6.45) is 4.29. The van der Waals surface area contributed by atoms with E-state index in [-0.39, 0.29) is 12.2 Å². The van der Waals surface area contributed by atoms with Crippen molar-refractivity contribution in [3.63, 3.8) is 0 Å². The Labute approximate surface area is 125 Å². The predicted octanol–water partition coefficient (Wildman–Crippen LogP) is 0.706. The molecule has 1 fully saturated rings. The van der Waals surface area contributed by atoms with E-state index in [0.717, 1.165) is 19.1 Å². The minimum atomic E-state index is -3.26. The van der Waals surface area contributed by atoms with Gasteiger partial charge in [0.25, 0.3) is 0 Å². The molecule has 0 bridgehead atoms. The Balaban J connectivity index is 2.54. The second kappa shape index (κ2) is 7.63. The molecule has 7 nitrogen and oxygen atoms in total. The molecule has 1 unspecified atom stereocenters. The van der Waals surface area contributed by atoms with E-state index in [9.17, 15) is 18.0 Å². The van der Waals surface area contributed by atoms with E-state index >= 15 is 0 Å². The Morgan fingerprint density at radius 3 is 2.38 bits per heavy atom. The average Bonchev–Trinajstić information content (AvgIpc) is 2.31. The normalized spacial score (nSPS) is 16.9. The highest BCUT2D eigenvalue weighted by Gasteiger charge is 2.26. The number of nitrogens with one attached hydrogen (secondary N) is 1. The summed E-state index contributed by atoms with van der Waals surface area (Å²) in [6, 6.07) is -1.62. The third-order valence-corrected chi connectivity index (χ3v) is 4.72. The predicted molar refractivity (Wildman–Crippen MR) is 78.9 cm³/mol. The van der Waals surface area contributed by atoms with Crippen molar-refractivity contribution in [2.24, 2.45) is 5.92 Å². The molecule has 0 aromatic heterocycles. The number of amides is 2. The lowest BCUT2D eigenvalue weighted by atomic mass is 9.85. The molecule has 0 aromatic rings. The van der Waals surface area contributed by atoms with E-state index in [2.05, 4.69) is 5.32 Å². The third kappa shape index (κ3) is 6.33. The van der Waals surface area contributed by atoms with Crippen molar-refractivity contribution >= 4 is 21.8 Å². The number of urea groups is 1. The van der Waals surface area contributed by atoms with Gasteiger partial charge in [-0.15, -0.1) is 0 Å². The Bertz CT molecular complexity index is 473. The van der Waals surface area contributed by atoms with Crippen LogP contribution in [0.1, 0.15) is 32.6 Å². The van der Waals surface area contributed by atoms with Gasteiger partial charge in [0.05, 0.1) is 5.75 Å². The molecule has 1 atom stereocenters. The lowest BCUT2D eigenvalue weighted by Gasteiger charge is -2.32. The van der Waals surface area contributed by atoms with Gasteiger partial charge in [-0.2, -0.15) is 0 Å². The molecule has 122 valence electrons. The highest BCUT2D eigenvalue weighted by atomic mass is 32.2. The van der Waals surface area contributed by atoms with Gasteiger partial charge in [0.15, 0.2) is 0 Å². The fourth-order valence-electron chi connectivity index (χ4n) is 2.17. The molecule has 1 rings (SSSR count). The number of sulfone groups is 1. The van der Waals surface area contributed by atoms with Crippen molar-refractivity contribution in [2.45, 2.75) is 38.6 Å². The van der Waals surface area contributed by atoms with E-state index in [1.807, 2.05) is 6.92 Å². The van der Waals surface area contributed by atoms with Crippen LogP contribution in [0.2, 0.25) is 0 Å². The fourth-order valence-corrected chi connectivity index (χ4v) is 2.84. The van der Waals surface area contributed by atoms with Crippen LogP contribution in [0.25, 0.3) is 0 Å². The van der Waals surface area contributed by atoms with Crippen LogP contribution in [0, 0.1) is 5.92 Å². The first-order chi connectivity index (χ1) is 9.73. The second-order valence-corrected chi connectivity index (χ2v) is 7.85. The maximum Gasteiger partial charge on any atom is 0.326 e. The molecule has 0 radical (unpaired) electrons. The maximum absolute atomic E-state index is 12.1. The third-order valence-electron chi connectivity index (χ3n) is 3.75. The van der Waals surface area contributed by atoms with Gasteiger partial charge in [0.1, 0.15) is 15.9 Å². The average molecular weight is 320 g/mol. The van der Waals surface area contributed by atoms with Gasteiger partial charge in [-0.05, 0) is 32.1 Å². The van der Waals surface area contributed by atoms with Crippen molar-refractivity contribution in [1.82, 2.24) is 10.2 Å². The number of carbonyl (C=O) groups excluding carboxylic acids is 1. The molecule has 0 aromatic carbocycles. The van der Waals surface area contributed by atoms with E-state index < -0.39 is 27.9 Å². The van der Waals surface area contributed by atoms with Crippen LogP contribution in [-0.4, -0.2) is 61.6 Å². The minimum absolute atomic E-state index is 0.124. The largest absolute Gasteiger partial charge is 0.480 e. The second-order valence-electron chi connectivity index (χ2n) is 5.59. The summed E-state index contributed by atoms with van der Waals surface area (Å²) >= 11 is 0. The molecule has 21 heavy (non-hydrogen) atoms. The summed E-state index contributed by atoms with van der Waals surface area (Å²) in [5.74, 6) is -0.986. The summed E-state index contributed by atoms with van der Waals surface area (Å²) in [6.45, 7) is 2.96. The van der Waals surface area contributed by atoms with Crippen molar-refractivity contribution in [1.29, 1.82) is 0 Å². The van der Waals surface area contributed by atoms with Crippen LogP contribution in [0.3, 0.4) is 0 Å². The van der Waals surface area contributed by atoms with Gasteiger partial charge in [0, 0.05) is 19.3 Å². The minimum Gasteiger partial charge on any atom is -0.480 e. The number of hydrogen-bond acceptors (Lipinski definition) is 4. The number of hydrogen-bond donors (Lipinski definition) is 2. The molecule has 2 amide bonds. The fraction of sp³-hybridized carbons (Fsp3) is 0.846. The van der Waals surface area contributed by atoms with Crippen LogP contribution < -0.4 is 5.32 Å². The topological polar surface area (TPSA) is 104 Å². The van der Waals surface area contributed by atoms with Gasteiger partial charge >= 0.3 is 12.0 Å². The molecule has 0 saturated heterocycles. The quantitative estimate of drug-likeness (QED) is 0.685. The molecular formula is C13H24N2O5S. The van der Waals surface area contributed by atoms with Gasteiger partial charge in [0.2, 0.25) is 0 Å². The zero-order valence-electron chi connectivity index (χ0n) is 12.5. The molecule has 1 aliphatic rings. The van der Waals surface area contributed by atoms with E-state index in [0.29, 0.717) is 19.0 Å². The summed E-state index contributed by atoms with van der Waals surface area (Å²) in [5, 5.41) is 11.5. The molecule has 0 aliphatic heterocycles. The van der Waals surface area contributed by atoms with Crippen LogP contribution in [0.15, 0.2) is 0 Å². The molecule has 0 spiro atoms. The van der Waals surface area contributed by atoms with E-state index in [4.69, 9.17) is 5.11 Å². The first-order valence-electron chi connectivity index (χ1n) is 7.19. The van der Waals surface area contributed by atoms with Gasteiger partial charge < -0.3 is 15.3 Å². The maximum atomic E-state index is 12.1. The standard InChI is InChI=1S/C13H24N2O5S/c1-3-15(9-10-5-4-6-10)13(18)14-11(12(16)17)7-8-21(2,19)20/h10-11H,3-9H2,1-2H3,(H,14,18)(H,16,17). The first-order valence-corrected chi connectivity index (χ1v) is 9.25. The number of carboxylic acid groups (broad SMARTS) is 1. The van der Waals surface area contributed by atoms with Gasteiger partial charge in [-0.25, -0.2) is 18.0 Å². The monoisotopic (exact) mass is 320 g/mol. The number of nitrogens with zero attached hydrogens (tertiary/aromatic N) is 1. The first kappa shape index (κ1) is 17.7. The molecule has 1 aliphatic carbocycles. The summed E-state index contributed by atoms with van der Waals surface area (Å²) in [4.78, 5) is 24.8. The van der Waals surface area contributed by atoms with Crippen molar-refractivity contribution < 1.29 is 23.1 Å². The summed E-state index contributed by atoms with van der Waals surface area (Å²) < 4.78 is 22.2. The van der Waals surface area contributed by atoms with Crippen molar-refractivity contribution in [3.8, 4) is 0 Å². The lowest BCUT2D eigenvalue weighted by molar-refractivity contribution is -0.139. The van der Waals surface area contributed by atoms with Crippen molar-refractivity contribution in [2.75, 3.05) is 25.1 Å². The summed E-state index contributed by atoms with van der Waals surface area (Å²) in [7, 11) is -3.26. The number of rotatable bonds is 8. The smallest absolute Gasteiger partial charge is 0.326 e. The lowest BCUT2D eigenvalue weighted by Crippen LogP contribution is -2.50. The molecular weight excluding hydrogens is 296 g/mol. The molecule has 0 heterocycles. The molecule has 8 heteroatoms. The number of aliphatic carboxylic acids is 1. The summed E-state index contributed by atoms with van der Waals surface area (Å²) in [5.41, 5.74) is 0. The molecule has 1 saturated carbocycles. The van der Waals surface area contributed by atoms with Crippen LogP contribution in [0.5, 0.6) is 0 Å². The Kier molecular flexibility index (Phi) is 6.44. The van der Waals surface area contributed by atoms with Gasteiger partial charge in [-0.1, -0.05) is 6.42 Å². The van der Waals surface area contributed by atoms with Gasteiger partial charge in [-0.3, -0.25) is 0 Å². The Hall–Kier alpha value is -1.31. The molecule has 2 N–H and O–H groups in total. The van der Waals surface area contributed by atoms with Crippen LogP contribution >= 0.6 is 0 Å². The highest BCUT2D eigenvalue weighted by Crippen LogP contribution is 2.27. The number of carbonyl (C=O) groups is 2. The SMILES string of the molecule is CCN(CC1CCC1)C(=O)NC(CCS(C)(=O)=O)C(=O)O. The van der Waals surface area contributed by atoms with E-state index in [1.165, 1.54) is 6.42 Å². The highest BCUT2D eigenvalue weighted by molar-refractivity contribution is 7.90. The Morgan fingerprint density at radius 2 is 2.00 bits per heavy atom. The Morgan fingerprint density at radius 1 is 1.38 bits per heavy atom. The van der Waals surface area contributed by atoms with Crippen LogP contribution in [-0.2, 0) is 14.6 Å². The zero-order chi connectivity index (χ0) is 16.0. The zero-order valence-corrected chi connectivity index (χ0v) is 13.4. The van der Waals surface area contributed by atoms with Crippen molar-refractivity contribution in [3.05, 3.63) is 0 Å².